The Kier molecular flexibility index (Phi) is 6.29. The molecule has 3 rings (SSSR count). The molecule has 0 radical (unpaired) electrons. The van der Waals surface area contributed by atoms with Crippen molar-refractivity contribution in [2.24, 2.45) is 0 Å². The maximum atomic E-state index is 13.1. The molecule has 0 aliphatic heterocycles. The summed E-state index contributed by atoms with van der Waals surface area (Å²) >= 11 is 0. The highest BCUT2D eigenvalue weighted by Gasteiger charge is 2.38. The van der Waals surface area contributed by atoms with Crippen LogP contribution in [0.2, 0.25) is 0 Å². The van der Waals surface area contributed by atoms with Crippen LogP contribution in [0.5, 0.6) is 5.75 Å². The fourth-order valence-corrected chi connectivity index (χ4v) is 3.41. The number of hydrogen-bond acceptors (Lipinski definition) is 7. The summed E-state index contributed by atoms with van der Waals surface area (Å²) in [6.45, 7) is 0. The Morgan fingerprint density at radius 3 is 1.47 bits per heavy atom. The van der Waals surface area contributed by atoms with E-state index in [1.54, 1.807) is 36.4 Å². The van der Waals surface area contributed by atoms with Gasteiger partial charge in [0, 0.05) is 0 Å². The SMILES string of the molecule is O=C(O)c1ccc(OP(=O)(OC(=O)c2ccccc2)OC(=O)c2ccccc2)cc1. The molecule has 3 aromatic rings. The second-order valence-corrected chi connectivity index (χ2v) is 7.30. The first kappa shape index (κ1) is 20.8. The summed E-state index contributed by atoms with van der Waals surface area (Å²) < 4.78 is 28.2. The molecule has 0 aliphatic rings. The van der Waals surface area contributed by atoms with Gasteiger partial charge in [0.05, 0.1) is 16.7 Å². The average molecular weight is 426 g/mol. The molecule has 3 aromatic carbocycles. The molecule has 0 atom stereocenters. The summed E-state index contributed by atoms with van der Waals surface area (Å²) in [6, 6.07) is 20.1. The van der Waals surface area contributed by atoms with Gasteiger partial charge in [-0.2, -0.15) is 4.57 Å². The van der Waals surface area contributed by atoms with Gasteiger partial charge in [-0.25, -0.2) is 14.4 Å². The van der Waals surface area contributed by atoms with Crippen molar-refractivity contribution in [3.63, 3.8) is 0 Å². The molecule has 152 valence electrons. The number of carboxylic acid groups (broad SMARTS) is 1. The van der Waals surface area contributed by atoms with E-state index in [2.05, 4.69) is 0 Å². The van der Waals surface area contributed by atoms with E-state index in [9.17, 15) is 18.9 Å². The molecule has 0 heterocycles. The molecule has 30 heavy (non-hydrogen) atoms. The minimum absolute atomic E-state index is 0.0419. The maximum absolute atomic E-state index is 13.1. The van der Waals surface area contributed by atoms with E-state index in [1.165, 1.54) is 48.5 Å². The summed E-state index contributed by atoms with van der Waals surface area (Å²) in [5.41, 5.74) is 0.0939. The van der Waals surface area contributed by atoms with Gasteiger partial charge in [-0.1, -0.05) is 36.4 Å². The van der Waals surface area contributed by atoms with Crippen LogP contribution >= 0.6 is 7.82 Å². The van der Waals surface area contributed by atoms with Gasteiger partial charge >= 0.3 is 25.7 Å². The van der Waals surface area contributed by atoms with E-state index in [-0.39, 0.29) is 22.4 Å². The van der Waals surface area contributed by atoms with Crippen LogP contribution < -0.4 is 4.52 Å². The van der Waals surface area contributed by atoms with Gasteiger partial charge in [-0.3, -0.25) is 0 Å². The predicted molar refractivity (Wildman–Crippen MR) is 105 cm³/mol. The van der Waals surface area contributed by atoms with Crippen LogP contribution in [0.4, 0.5) is 0 Å². The second kappa shape index (κ2) is 9.07. The molecule has 9 heteroatoms. The lowest BCUT2D eigenvalue weighted by Gasteiger charge is -2.17. The average Bonchev–Trinajstić information content (AvgIpc) is 2.75. The van der Waals surface area contributed by atoms with Gasteiger partial charge in [0.15, 0.2) is 0 Å². The monoisotopic (exact) mass is 426 g/mol. The molecule has 0 fully saturated rings. The first-order valence-electron chi connectivity index (χ1n) is 8.57. The minimum Gasteiger partial charge on any atom is -0.478 e. The van der Waals surface area contributed by atoms with Crippen molar-refractivity contribution < 1.29 is 37.6 Å². The van der Waals surface area contributed by atoms with E-state index < -0.39 is 25.7 Å². The topological polar surface area (TPSA) is 116 Å². The van der Waals surface area contributed by atoms with Crippen molar-refractivity contribution in [3.05, 3.63) is 102 Å². The molecule has 0 aliphatic carbocycles. The highest BCUT2D eigenvalue weighted by molar-refractivity contribution is 7.50. The number of phosphoric ester groups is 1. The Morgan fingerprint density at radius 1 is 0.633 bits per heavy atom. The zero-order valence-electron chi connectivity index (χ0n) is 15.3. The van der Waals surface area contributed by atoms with Crippen LogP contribution in [-0.4, -0.2) is 23.0 Å². The maximum Gasteiger partial charge on any atom is 0.652 e. The molecule has 0 bridgehead atoms. The number of carbonyl (C=O) groups is 3. The lowest BCUT2D eigenvalue weighted by atomic mass is 10.2. The van der Waals surface area contributed by atoms with Crippen LogP contribution in [-0.2, 0) is 13.6 Å². The summed E-state index contributed by atoms with van der Waals surface area (Å²) in [4.78, 5) is 35.7. The Balaban J connectivity index is 1.86. The first-order valence-corrected chi connectivity index (χ1v) is 10.0. The molecule has 0 saturated carbocycles. The van der Waals surface area contributed by atoms with Gasteiger partial charge in [0.1, 0.15) is 5.75 Å². The first-order chi connectivity index (χ1) is 14.4. The van der Waals surface area contributed by atoms with E-state index in [1.807, 2.05) is 0 Å². The molecular formula is C21H15O8P. The Morgan fingerprint density at radius 2 is 1.07 bits per heavy atom. The zero-order valence-corrected chi connectivity index (χ0v) is 16.2. The third-order valence-electron chi connectivity index (χ3n) is 3.73. The number of carbonyl (C=O) groups excluding carboxylic acids is 2. The largest absolute Gasteiger partial charge is 0.652 e. The number of aromatic carboxylic acids is 1. The second-order valence-electron chi connectivity index (χ2n) is 5.86. The van der Waals surface area contributed by atoms with Crippen molar-refractivity contribution in [3.8, 4) is 5.75 Å². The number of hydrogen-bond donors (Lipinski definition) is 1. The third kappa shape index (κ3) is 5.33. The normalized spacial score (nSPS) is 10.7. The van der Waals surface area contributed by atoms with Crippen molar-refractivity contribution in [2.75, 3.05) is 0 Å². The van der Waals surface area contributed by atoms with Gasteiger partial charge < -0.3 is 18.7 Å². The van der Waals surface area contributed by atoms with Crippen LogP contribution in [0.3, 0.4) is 0 Å². The van der Waals surface area contributed by atoms with Crippen molar-refractivity contribution >= 4 is 25.7 Å². The number of rotatable bonds is 7. The van der Waals surface area contributed by atoms with Gasteiger partial charge in [-0.15, -0.1) is 0 Å². The highest BCUT2D eigenvalue weighted by Crippen LogP contribution is 2.50. The molecule has 0 aromatic heterocycles. The fourth-order valence-electron chi connectivity index (χ4n) is 2.30. The predicted octanol–water partition coefficient (Wildman–Crippen LogP) is 4.59. The van der Waals surface area contributed by atoms with Crippen LogP contribution in [0.1, 0.15) is 31.1 Å². The van der Waals surface area contributed by atoms with Crippen LogP contribution in [0.15, 0.2) is 84.9 Å². The molecular weight excluding hydrogens is 411 g/mol. The zero-order chi connectivity index (χ0) is 21.6. The van der Waals surface area contributed by atoms with Crippen molar-refractivity contribution in [2.45, 2.75) is 0 Å². The third-order valence-corrected chi connectivity index (χ3v) is 4.94. The van der Waals surface area contributed by atoms with Crippen LogP contribution in [0.25, 0.3) is 0 Å². The fraction of sp³-hybridized carbons (Fsp3) is 0. The van der Waals surface area contributed by atoms with Gasteiger partial charge in [0.2, 0.25) is 0 Å². The summed E-state index contributed by atoms with van der Waals surface area (Å²) in [5.74, 6) is -3.34. The van der Waals surface area contributed by atoms with Crippen molar-refractivity contribution in [1.29, 1.82) is 0 Å². The Hall–Kier alpha value is -3.90. The molecule has 8 nitrogen and oxygen atoms in total. The smallest absolute Gasteiger partial charge is 0.478 e. The van der Waals surface area contributed by atoms with E-state index in [0.717, 1.165) is 0 Å². The Bertz CT molecular complexity index is 1040. The lowest BCUT2D eigenvalue weighted by Crippen LogP contribution is -2.13. The number of carboxylic acids is 1. The van der Waals surface area contributed by atoms with E-state index in [0.29, 0.717) is 0 Å². The lowest BCUT2D eigenvalue weighted by molar-refractivity contribution is 0.0572. The highest BCUT2D eigenvalue weighted by atomic mass is 31.2. The van der Waals surface area contributed by atoms with E-state index >= 15 is 0 Å². The molecule has 0 saturated heterocycles. The standard InChI is InChI=1S/C21H15O8P/c22-19(23)15-11-13-18(14-12-15)27-30(26,28-20(24)16-7-3-1-4-8-16)29-21(25)17-9-5-2-6-10-17/h1-14H,(H,22,23). The molecule has 0 unspecified atom stereocenters. The molecule has 1 N–H and O–H groups in total. The molecule has 0 amide bonds. The molecule has 0 spiro atoms. The minimum atomic E-state index is -4.77. The number of benzene rings is 3. The van der Waals surface area contributed by atoms with Crippen molar-refractivity contribution in [1.82, 2.24) is 0 Å². The Labute approximate surface area is 171 Å². The summed E-state index contributed by atoms with van der Waals surface area (Å²) in [7, 11) is -4.77. The summed E-state index contributed by atoms with van der Waals surface area (Å²) in [5, 5.41) is 8.96. The quantitative estimate of drug-likeness (QED) is 0.546. The van der Waals surface area contributed by atoms with Gasteiger partial charge in [-0.05, 0) is 48.5 Å². The van der Waals surface area contributed by atoms with Gasteiger partial charge in [0.25, 0.3) is 0 Å². The number of phosphoric acid groups is 1. The van der Waals surface area contributed by atoms with Crippen LogP contribution in [0, 0.1) is 0 Å². The van der Waals surface area contributed by atoms with E-state index in [4.69, 9.17) is 18.7 Å². The summed E-state index contributed by atoms with van der Waals surface area (Å²) in [6.07, 6.45) is 0.